The second kappa shape index (κ2) is 4.15. The Labute approximate surface area is 117 Å². The fourth-order valence-corrected chi connectivity index (χ4v) is 5.14. The third-order valence-corrected chi connectivity index (χ3v) is 6.34. The maximum absolute atomic E-state index is 13.0. The van der Waals surface area contributed by atoms with Gasteiger partial charge in [-0.25, -0.2) is 0 Å². The van der Waals surface area contributed by atoms with E-state index in [1.165, 1.54) is 0 Å². The number of carbonyl (C=O) groups is 1. The zero-order valence-corrected chi connectivity index (χ0v) is 12.1. The van der Waals surface area contributed by atoms with Gasteiger partial charge in [0.15, 0.2) is 0 Å². The summed E-state index contributed by atoms with van der Waals surface area (Å²) in [7, 11) is -5.17. The zero-order chi connectivity index (χ0) is 14.8. The molecule has 4 aliphatic carbocycles. The first-order chi connectivity index (χ1) is 9.11. The Kier molecular flexibility index (Phi) is 2.95. The third-order valence-electron chi connectivity index (χ3n) is 5.10. The van der Waals surface area contributed by atoms with Crippen LogP contribution in [0.1, 0.15) is 45.4 Å². The average Bonchev–Trinajstić information content (AvgIpc) is 2.24. The van der Waals surface area contributed by atoms with Crippen LogP contribution in [0.3, 0.4) is 0 Å². The van der Waals surface area contributed by atoms with Crippen LogP contribution in [0.4, 0.5) is 8.78 Å². The molecule has 0 radical (unpaired) electrons. The summed E-state index contributed by atoms with van der Waals surface area (Å²) in [6, 6.07) is 0. The van der Waals surface area contributed by atoms with Crippen LogP contribution in [0, 0.1) is 23.2 Å². The molecule has 4 aliphatic rings. The van der Waals surface area contributed by atoms with E-state index in [4.69, 9.17) is 0 Å². The van der Waals surface area contributed by atoms with Crippen molar-refractivity contribution < 1.29 is 26.2 Å². The maximum Gasteiger partial charge on any atom is 0.378 e. The van der Waals surface area contributed by atoms with Gasteiger partial charge in [0, 0.05) is 6.92 Å². The number of halogens is 2. The largest absolute Gasteiger partial charge is 0.378 e. The Hall–Kier alpha value is -0.720. The molecule has 4 bridgehead atoms. The molecule has 0 aliphatic heterocycles. The molecule has 0 heterocycles. The average molecular weight is 308 g/mol. The predicted octanol–water partition coefficient (Wildman–Crippen LogP) is 2.69. The van der Waals surface area contributed by atoms with E-state index in [0.29, 0.717) is 37.0 Å². The molecule has 0 atom stereocenters. The van der Waals surface area contributed by atoms with Crippen molar-refractivity contribution in [2.24, 2.45) is 23.2 Å². The van der Waals surface area contributed by atoms with Crippen LogP contribution in [0.5, 0.6) is 0 Å². The standard InChI is InChI=1S/C13H18F2O4S/c1-12(14,15)20(17,18)19-11(16)13-5-8-2-9(6-13)4-10(3-8)7-13/h8-10H,2-7H2,1H3. The summed E-state index contributed by atoms with van der Waals surface area (Å²) in [6.45, 7) is 0.231. The minimum atomic E-state index is -5.17. The molecule has 7 heteroatoms. The van der Waals surface area contributed by atoms with Crippen molar-refractivity contribution in [3.8, 4) is 0 Å². The molecule has 0 unspecified atom stereocenters. The first-order valence-electron chi connectivity index (χ1n) is 6.98. The van der Waals surface area contributed by atoms with Gasteiger partial charge in [0.25, 0.3) is 0 Å². The van der Waals surface area contributed by atoms with Gasteiger partial charge in [0.2, 0.25) is 0 Å². The fraction of sp³-hybridized carbons (Fsp3) is 0.923. The highest BCUT2D eigenvalue weighted by Gasteiger charge is 2.57. The summed E-state index contributed by atoms with van der Waals surface area (Å²) in [4.78, 5) is 12.2. The van der Waals surface area contributed by atoms with Gasteiger partial charge in [-0.1, -0.05) is 0 Å². The zero-order valence-electron chi connectivity index (χ0n) is 11.3. The number of hydrogen-bond donors (Lipinski definition) is 0. The molecule has 0 saturated heterocycles. The molecular weight excluding hydrogens is 290 g/mol. The fourth-order valence-electron chi connectivity index (χ4n) is 4.62. The summed E-state index contributed by atoms with van der Waals surface area (Å²) < 4.78 is 52.9. The lowest BCUT2D eigenvalue weighted by atomic mass is 9.49. The minimum Gasteiger partial charge on any atom is -0.341 e. The van der Waals surface area contributed by atoms with Gasteiger partial charge in [-0.3, -0.25) is 4.79 Å². The van der Waals surface area contributed by atoms with Gasteiger partial charge < -0.3 is 4.18 Å². The molecular formula is C13H18F2O4S. The lowest BCUT2D eigenvalue weighted by molar-refractivity contribution is -0.161. The Balaban J connectivity index is 1.81. The Morgan fingerprint density at radius 2 is 1.50 bits per heavy atom. The minimum absolute atomic E-state index is 0.231. The van der Waals surface area contributed by atoms with E-state index in [2.05, 4.69) is 4.18 Å². The molecule has 0 aromatic heterocycles. The maximum atomic E-state index is 13.0. The normalized spacial score (nSPS) is 39.9. The highest BCUT2D eigenvalue weighted by atomic mass is 32.2. The Bertz CT molecular complexity index is 500. The van der Waals surface area contributed by atoms with Crippen LogP contribution in [-0.2, 0) is 19.1 Å². The molecule has 20 heavy (non-hydrogen) atoms. The molecule has 0 aromatic rings. The van der Waals surface area contributed by atoms with Crippen molar-refractivity contribution >= 4 is 16.1 Å². The molecule has 0 aromatic carbocycles. The van der Waals surface area contributed by atoms with Crippen LogP contribution in [0.2, 0.25) is 0 Å². The van der Waals surface area contributed by atoms with Gasteiger partial charge in [-0.2, -0.15) is 17.2 Å². The van der Waals surface area contributed by atoms with Gasteiger partial charge in [-0.15, -0.1) is 0 Å². The molecule has 0 N–H and O–H groups in total. The van der Waals surface area contributed by atoms with E-state index in [9.17, 15) is 22.0 Å². The SMILES string of the molecule is CC(F)(F)S(=O)(=O)OC(=O)C12CC3CC(CC(C3)C1)C2. The molecule has 0 amide bonds. The quantitative estimate of drug-likeness (QED) is 0.752. The van der Waals surface area contributed by atoms with Crippen molar-refractivity contribution in [3.05, 3.63) is 0 Å². The first kappa shape index (κ1) is 14.2. The monoisotopic (exact) mass is 308 g/mol. The van der Waals surface area contributed by atoms with E-state index in [1.807, 2.05) is 0 Å². The molecule has 4 rings (SSSR count). The van der Waals surface area contributed by atoms with E-state index in [-0.39, 0.29) is 6.92 Å². The van der Waals surface area contributed by atoms with Crippen molar-refractivity contribution in [2.45, 2.75) is 50.7 Å². The highest BCUT2D eigenvalue weighted by molar-refractivity contribution is 7.88. The third kappa shape index (κ3) is 2.14. The number of rotatable bonds is 3. The smallest absolute Gasteiger partial charge is 0.341 e. The van der Waals surface area contributed by atoms with E-state index >= 15 is 0 Å². The second-order valence-corrected chi connectivity index (χ2v) is 8.62. The van der Waals surface area contributed by atoms with E-state index in [1.54, 1.807) is 0 Å². The van der Waals surface area contributed by atoms with Gasteiger partial charge in [0.1, 0.15) is 0 Å². The topological polar surface area (TPSA) is 60.4 Å². The van der Waals surface area contributed by atoms with Crippen LogP contribution >= 0.6 is 0 Å². The van der Waals surface area contributed by atoms with Crippen LogP contribution in [-0.4, -0.2) is 19.6 Å². The molecule has 4 saturated carbocycles. The van der Waals surface area contributed by atoms with Crippen molar-refractivity contribution in [3.63, 3.8) is 0 Å². The summed E-state index contributed by atoms with van der Waals surface area (Å²) >= 11 is 0. The van der Waals surface area contributed by atoms with Crippen LogP contribution < -0.4 is 0 Å². The first-order valence-corrected chi connectivity index (χ1v) is 8.38. The molecule has 0 spiro atoms. The highest BCUT2D eigenvalue weighted by Crippen LogP contribution is 2.60. The summed E-state index contributed by atoms with van der Waals surface area (Å²) in [5.41, 5.74) is -0.840. The van der Waals surface area contributed by atoms with Crippen molar-refractivity contribution in [1.29, 1.82) is 0 Å². The number of carbonyl (C=O) groups excluding carboxylic acids is 1. The molecule has 114 valence electrons. The summed E-state index contributed by atoms with van der Waals surface area (Å²) in [5, 5.41) is -4.05. The lowest BCUT2D eigenvalue weighted by Crippen LogP contribution is -2.51. The lowest BCUT2D eigenvalue weighted by Gasteiger charge is -2.54. The van der Waals surface area contributed by atoms with E-state index in [0.717, 1.165) is 19.3 Å². The summed E-state index contributed by atoms with van der Waals surface area (Å²) in [6.07, 6.45) is 4.98. The van der Waals surface area contributed by atoms with E-state index < -0.39 is 26.8 Å². The Morgan fingerprint density at radius 1 is 1.10 bits per heavy atom. The van der Waals surface area contributed by atoms with Gasteiger partial charge in [0.05, 0.1) is 5.41 Å². The van der Waals surface area contributed by atoms with Crippen LogP contribution in [0.15, 0.2) is 0 Å². The van der Waals surface area contributed by atoms with Gasteiger partial charge in [-0.05, 0) is 56.3 Å². The van der Waals surface area contributed by atoms with Gasteiger partial charge >= 0.3 is 21.3 Å². The molecule has 4 fully saturated rings. The summed E-state index contributed by atoms with van der Waals surface area (Å²) in [5.74, 6) is 0.286. The Morgan fingerprint density at radius 3 is 1.85 bits per heavy atom. The number of hydrogen-bond acceptors (Lipinski definition) is 4. The number of alkyl halides is 2. The van der Waals surface area contributed by atoms with Crippen molar-refractivity contribution in [2.75, 3.05) is 0 Å². The predicted molar refractivity (Wildman–Crippen MR) is 66.2 cm³/mol. The van der Waals surface area contributed by atoms with Crippen molar-refractivity contribution in [1.82, 2.24) is 0 Å². The second-order valence-electron chi connectivity index (χ2n) is 6.83. The molecule has 4 nitrogen and oxygen atoms in total. The van der Waals surface area contributed by atoms with Crippen LogP contribution in [0.25, 0.3) is 0 Å².